The zero-order valence-electron chi connectivity index (χ0n) is 25.6. The Hall–Kier alpha value is -4.86. The zero-order chi connectivity index (χ0) is 31.3. The number of benzene rings is 1. The van der Waals surface area contributed by atoms with Crippen molar-refractivity contribution in [3.05, 3.63) is 94.1 Å². The van der Waals surface area contributed by atoms with Crippen LogP contribution >= 0.6 is 0 Å². The zero-order valence-corrected chi connectivity index (χ0v) is 25.6. The van der Waals surface area contributed by atoms with Gasteiger partial charge in [0.05, 0.1) is 18.2 Å². The Kier molecular flexibility index (Phi) is 7.53. The number of hydrogen-bond donors (Lipinski definition) is 0. The van der Waals surface area contributed by atoms with Crippen molar-refractivity contribution in [1.82, 2.24) is 24.4 Å². The van der Waals surface area contributed by atoms with Crippen molar-refractivity contribution in [2.45, 2.75) is 53.1 Å². The Morgan fingerprint density at radius 2 is 1.95 bits per heavy atom. The summed E-state index contributed by atoms with van der Waals surface area (Å²) < 4.78 is 23.6. The van der Waals surface area contributed by atoms with E-state index in [9.17, 15) is 9.59 Å². The van der Waals surface area contributed by atoms with E-state index in [1.807, 2.05) is 49.9 Å². The number of rotatable bonds is 6. The van der Waals surface area contributed by atoms with E-state index in [2.05, 4.69) is 30.4 Å². The summed E-state index contributed by atoms with van der Waals surface area (Å²) in [6.07, 6.45) is 4.64. The van der Waals surface area contributed by atoms with Crippen LogP contribution in [0.25, 0.3) is 33.3 Å². The molecule has 0 saturated carbocycles. The number of nitrogens with zero attached hydrogens (tertiary/aromatic N) is 6. The molecule has 226 valence electrons. The molecule has 1 aliphatic rings. The third kappa shape index (κ3) is 4.94. The van der Waals surface area contributed by atoms with Crippen molar-refractivity contribution in [2.75, 3.05) is 24.5 Å². The number of fused-ring (bicyclic) bond motifs is 2. The van der Waals surface area contributed by atoms with E-state index in [0.717, 1.165) is 27.8 Å². The lowest BCUT2D eigenvalue weighted by Gasteiger charge is -2.40. The molecule has 4 aromatic heterocycles. The fraction of sp³-hybridized carbons (Fsp3) is 0.324. The highest BCUT2D eigenvalue weighted by atomic mass is 19.1. The van der Waals surface area contributed by atoms with E-state index in [-0.39, 0.29) is 30.1 Å². The van der Waals surface area contributed by atoms with Gasteiger partial charge in [0.1, 0.15) is 22.7 Å². The Morgan fingerprint density at radius 3 is 2.68 bits per heavy atom. The smallest absolute Gasteiger partial charge is 0.351 e. The minimum absolute atomic E-state index is 0.0993. The maximum atomic E-state index is 16.3. The minimum Gasteiger partial charge on any atom is -0.464 e. The van der Waals surface area contributed by atoms with Crippen LogP contribution in [0.4, 0.5) is 10.2 Å². The predicted octanol–water partition coefficient (Wildman–Crippen LogP) is 5.75. The van der Waals surface area contributed by atoms with Gasteiger partial charge < -0.3 is 14.2 Å². The van der Waals surface area contributed by atoms with Gasteiger partial charge in [0.15, 0.2) is 5.82 Å². The molecule has 0 bridgehead atoms. The first kappa shape index (κ1) is 29.2. The van der Waals surface area contributed by atoms with Crippen LogP contribution in [-0.2, 0) is 11.3 Å². The Morgan fingerprint density at radius 1 is 1.16 bits per heavy atom. The molecule has 1 fully saturated rings. The van der Waals surface area contributed by atoms with Crippen molar-refractivity contribution >= 4 is 33.7 Å². The van der Waals surface area contributed by atoms with Crippen molar-refractivity contribution in [1.29, 1.82) is 0 Å². The molecular formula is C34H35FN6O3. The molecule has 6 rings (SSSR count). The van der Waals surface area contributed by atoms with Gasteiger partial charge >= 0.3 is 5.69 Å². The number of furan rings is 1. The largest absolute Gasteiger partial charge is 0.464 e. The summed E-state index contributed by atoms with van der Waals surface area (Å²) in [4.78, 5) is 44.0. The first-order valence-corrected chi connectivity index (χ1v) is 14.8. The molecule has 1 aromatic carbocycles. The standard InChI is InChI=1S/C34H35FN6O3/c1-7-27(42)39-13-14-40(22(6)17-39)33-24-16-26(35)30(28-21(5)8-9-23-11-15-44-31(23)28)37-32(24)41(34(43)38-33)18-25-20(4)10-12-36-29(25)19(2)3/h7-12,15-16,19,22H,1,13-14,17-18H2,2-6H3/t22-/m0/s1. The van der Waals surface area contributed by atoms with Crippen molar-refractivity contribution in [3.8, 4) is 11.3 Å². The van der Waals surface area contributed by atoms with Gasteiger partial charge in [-0.05, 0) is 67.7 Å². The summed E-state index contributed by atoms with van der Waals surface area (Å²) in [6.45, 7) is 15.0. The van der Waals surface area contributed by atoms with Gasteiger partial charge in [-0.3, -0.25) is 14.3 Å². The molecule has 5 aromatic rings. The number of aromatic nitrogens is 4. The van der Waals surface area contributed by atoms with E-state index in [4.69, 9.17) is 9.40 Å². The predicted molar refractivity (Wildman–Crippen MR) is 169 cm³/mol. The summed E-state index contributed by atoms with van der Waals surface area (Å²) >= 11 is 0. The number of carbonyl (C=O) groups excluding carboxylic acids is 1. The fourth-order valence-electron chi connectivity index (χ4n) is 6.19. The number of anilines is 1. The first-order chi connectivity index (χ1) is 21.1. The third-order valence-electron chi connectivity index (χ3n) is 8.52. The van der Waals surface area contributed by atoms with E-state index >= 15 is 4.39 Å². The molecule has 1 atom stereocenters. The number of carbonyl (C=O) groups is 1. The molecule has 0 aliphatic carbocycles. The average Bonchev–Trinajstić information content (AvgIpc) is 3.47. The number of hydrogen-bond acceptors (Lipinski definition) is 7. The molecule has 0 spiro atoms. The molecule has 0 radical (unpaired) electrons. The van der Waals surface area contributed by atoms with Gasteiger partial charge in [-0.15, -0.1) is 0 Å². The first-order valence-electron chi connectivity index (χ1n) is 14.8. The van der Waals surface area contributed by atoms with Crippen LogP contribution in [0.15, 0.2) is 64.7 Å². The summed E-state index contributed by atoms with van der Waals surface area (Å²) in [5.41, 5.74) is 4.55. The van der Waals surface area contributed by atoms with Crippen LogP contribution in [0.2, 0.25) is 0 Å². The third-order valence-corrected chi connectivity index (χ3v) is 8.52. The van der Waals surface area contributed by atoms with E-state index in [1.54, 1.807) is 17.4 Å². The number of piperazine rings is 1. The van der Waals surface area contributed by atoms with Crippen LogP contribution < -0.4 is 10.6 Å². The SMILES string of the molecule is C=CC(=O)N1CCN(c2nc(=O)n(Cc3c(C)ccnc3C(C)C)c3nc(-c4c(C)ccc5ccoc45)c(F)cc23)[C@@H](C)C1. The fourth-order valence-corrected chi connectivity index (χ4v) is 6.19. The second kappa shape index (κ2) is 11.3. The molecule has 1 amide bonds. The van der Waals surface area contributed by atoms with Gasteiger partial charge in [-0.2, -0.15) is 4.98 Å². The lowest BCUT2D eigenvalue weighted by molar-refractivity contribution is -0.126. The quantitative estimate of drug-likeness (QED) is 0.231. The average molecular weight is 595 g/mol. The lowest BCUT2D eigenvalue weighted by atomic mass is 9.99. The van der Waals surface area contributed by atoms with Crippen molar-refractivity contribution < 1.29 is 13.6 Å². The van der Waals surface area contributed by atoms with E-state index in [1.165, 1.54) is 16.7 Å². The summed E-state index contributed by atoms with van der Waals surface area (Å²) in [5.74, 6) is -0.240. The monoisotopic (exact) mass is 594 g/mol. The Bertz CT molecular complexity index is 2000. The lowest BCUT2D eigenvalue weighted by Crippen LogP contribution is -2.54. The van der Waals surface area contributed by atoms with Gasteiger partial charge in [-0.1, -0.05) is 32.6 Å². The molecule has 1 aliphatic heterocycles. The molecule has 0 N–H and O–H groups in total. The Balaban J connectivity index is 1.60. The van der Waals surface area contributed by atoms with Gasteiger partial charge in [0.2, 0.25) is 5.91 Å². The minimum atomic E-state index is -0.550. The second-order valence-corrected chi connectivity index (χ2v) is 11.8. The highest BCUT2D eigenvalue weighted by Crippen LogP contribution is 2.36. The molecular weight excluding hydrogens is 559 g/mol. The molecule has 1 saturated heterocycles. The van der Waals surface area contributed by atoms with Crippen LogP contribution in [0.5, 0.6) is 0 Å². The van der Waals surface area contributed by atoms with Crippen molar-refractivity contribution in [3.63, 3.8) is 0 Å². The normalized spacial score (nSPS) is 15.5. The summed E-state index contributed by atoms with van der Waals surface area (Å²) in [6, 6.07) is 8.81. The van der Waals surface area contributed by atoms with Crippen molar-refractivity contribution in [2.24, 2.45) is 0 Å². The number of halogens is 1. The van der Waals surface area contributed by atoms with Crippen LogP contribution in [0.3, 0.4) is 0 Å². The Labute approximate surface area is 254 Å². The molecule has 44 heavy (non-hydrogen) atoms. The maximum Gasteiger partial charge on any atom is 0.351 e. The maximum absolute atomic E-state index is 16.3. The number of pyridine rings is 2. The van der Waals surface area contributed by atoms with Gasteiger partial charge in [0.25, 0.3) is 0 Å². The molecule has 9 nitrogen and oxygen atoms in total. The van der Waals surface area contributed by atoms with E-state index < -0.39 is 11.5 Å². The number of amides is 1. The highest BCUT2D eigenvalue weighted by molar-refractivity contribution is 5.96. The molecule has 0 unspecified atom stereocenters. The van der Waals surface area contributed by atoms with E-state index in [0.29, 0.717) is 47.6 Å². The van der Waals surface area contributed by atoms with Gasteiger partial charge in [0, 0.05) is 48.5 Å². The number of aryl methyl sites for hydroxylation is 2. The van der Waals surface area contributed by atoms with Gasteiger partial charge in [-0.25, -0.2) is 14.2 Å². The topological polar surface area (TPSA) is 97.4 Å². The van der Waals surface area contributed by atoms with Crippen LogP contribution in [-0.4, -0.2) is 56.0 Å². The van der Waals surface area contributed by atoms with Crippen LogP contribution in [0.1, 0.15) is 49.1 Å². The molecule has 10 heteroatoms. The van der Waals surface area contributed by atoms with Crippen LogP contribution in [0, 0.1) is 19.7 Å². The molecule has 5 heterocycles. The second-order valence-electron chi connectivity index (χ2n) is 11.8. The summed E-state index contributed by atoms with van der Waals surface area (Å²) in [7, 11) is 0. The highest BCUT2D eigenvalue weighted by Gasteiger charge is 2.30. The summed E-state index contributed by atoms with van der Waals surface area (Å²) in [5, 5.41) is 1.24.